The van der Waals surface area contributed by atoms with Gasteiger partial charge in [-0.1, -0.05) is 17.7 Å². The van der Waals surface area contributed by atoms with E-state index < -0.39 is 0 Å². The molecule has 0 radical (unpaired) electrons. The van der Waals surface area contributed by atoms with E-state index in [2.05, 4.69) is 15.1 Å². The molecule has 0 N–H and O–H groups in total. The molecule has 0 spiro atoms. The number of amides is 1. The zero-order valence-corrected chi connectivity index (χ0v) is 15.9. The van der Waals surface area contributed by atoms with Gasteiger partial charge in [0.15, 0.2) is 18.2 Å². The molecule has 7 nitrogen and oxygen atoms in total. The Balaban J connectivity index is 1.28. The number of aromatic nitrogens is 2. The molecule has 3 heterocycles. The number of hydrogen-bond acceptors (Lipinski definition) is 6. The summed E-state index contributed by atoms with van der Waals surface area (Å²) in [4.78, 5) is 16.3. The first-order valence-electron chi connectivity index (χ1n) is 8.98. The Labute approximate surface area is 167 Å². The van der Waals surface area contributed by atoms with Gasteiger partial charge in [0.25, 0.3) is 5.91 Å². The van der Waals surface area contributed by atoms with E-state index in [4.69, 9.17) is 20.8 Å². The Kier molecular flexibility index (Phi) is 5.43. The Morgan fingerprint density at radius 1 is 1.07 bits per heavy atom. The smallest absolute Gasteiger partial charge is 0.260 e. The van der Waals surface area contributed by atoms with Crippen LogP contribution in [-0.2, 0) is 4.79 Å². The van der Waals surface area contributed by atoms with Crippen LogP contribution < -0.4 is 9.64 Å². The summed E-state index contributed by atoms with van der Waals surface area (Å²) in [6, 6.07) is 14.5. The standard InChI is InChI=1S/C20H19ClN4O3/c21-15-3-1-4-16(13-15)28-14-20(26)25-10-8-24(9-11-25)19-7-6-17(22-23-19)18-5-2-12-27-18/h1-7,12-13H,8-11,14H2. The van der Waals surface area contributed by atoms with Crippen LogP contribution in [0.5, 0.6) is 5.75 Å². The van der Waals surface area contributed by atoms with E-state index in [9.17, 15) is 4.79 Å². The molecule has 144 valence electrons. The molecule has 0 atom stereocenters. The number of carbonyl (C=O) groups is 1. The first-order valence-corrected chi connectivity index (χ1v) is 9.35. The molecule has 28 heavy (non-hydrogen) atoms. The van der Waals surface area contributed by atoms with Crippen LogP contribution in [0.2, 0.25) is 5.02 Å². The van der Waals surface area contributed by atoms with E-state index in [1.165, 1.54) is 0 Å². The molecule has 8 heteroatoms. The van der Waals surface area contributed by atoms with Gasteiger partial charge in [-0.05, 0) is 42.5 Å². The molecule has 0 bridgehead atoms. The topological polar surface area (TPSA) is 71.7 Å². The van der Waals surface area contributed by atoms with Crippen LogP contribution in [-0.4, -0.2) is 53.8 Å². The first kappa shape index (κ1) is 18.3. The minimum atomic E-state index is -0.0427. The fourth-order valence-electron chi connectivity index (χ4n) is 3.03. The molecule has 2 aromatic heterocycles. The summed E-state index contributed by atoms with van der Waals surface area (Å²) < 4.78 is 10.9. The van der Waals surface area contributed by atoms with Crippen molar-refractivity contribution in [3.05, 3.63) is 59.8 Å². The molecular formula is C20H19ClN4O3. The van der Waals surface area contributed by atoms with Crippen LogP contribution in [0.3, 0.4) is 0 Å². The number of furan rings is 1. The predicted molar refractivity (Wildman–Crippen MR) is 105 cm³/mol. The molecule has 1 aliphatic heterocycles. The van der Waals surface area contributed by atoms with Crippen molar-refractivity contribution in [1.82, 2.24) is 15.1 Å². The lowest BCUT2D eigenvalue weighted by atomic mass is 10.2. The van der Waals surface area contributed by atoms with Crippen molar-refractivity contribution in [1.29, 1.82) is 0 Å². The highest BCUT2D eigenvalue weighted by molar-refractivity contribution is 6.30. The van der Waals surface area contributed by atoms with Gasteiger partial charge in [-0.2, -0.15) is 0 Å². The molecule has 0 aliphatic carbocycles. The Bertz CT molecular complexity index is 923. The van der Waals surface area contributed by atoms with Crippen molar-refractivity contribution >= 4 is 23.3 Å². The van der Waals surface area contributed by atoms with Crippen molar-refractivity contribution in [2.24, 2.45) is 0 Å². The van der Waals surface area contributed by atoms with Crippen LogP contribution >= 0.6 is 11.6 Å². The van der Waals surface area contributed by atoms with Gasteiger partial charge < -0.3 is 19.0 Å². The van der Waals surface area contributed by atoms with Gasteiger partial charge in [0.2, 0.25) is 0 Å². The van der Waals surface area contributed by atoms with Crippen LogP contribution in [0.25, 0.3) is 11.5 Å². The van der Waals surface area contributed by atoms with E-state index in [-0.39, 0.29) is 12.5 Å². The van der Waals surface area contributed by atoms with Crippen LogP contribution in [0.4, 0.5) is 5.82 Å². The van der Waals surface area contributed by atoms with E-state index in [0.717, 1.165) is 5.82 Å². The number of benzene rings is 1. The average Bonchev–Trinajstić information content (AvgIpc) is 3.27. The number of piperazine rings is 1. The average molecular weight is 399 g/mol. The van der Waals surface area contributed by atoms with Gasteiger partial charge >= 0.3 is 0 Å². The molecule has 0 saturated carbocycles. The van der Waals surface area contributed by atoms with Crippen LogP contribution in [0.15, 0.2) is 59.2 Å². The first-order chi connectivity index (χ1) is 13.7. The maximum Gasteiger partial charge on any atom is 0.260 e. The van der Waals surface area contributed by atoms with Crippen LogP contribution in [0, 0.1) is 0 Å². The van der Waals surface area contributed by atoms with Crippen molar-refractivity contribution in [3.8, 4) is 17.2 Å². The Hall–Kier alpha value is -3.06. The second-order valence-corrected chi connectivity index (χ2v) is 6.80. The van der Waals surface area contributed by atoms with Gasteiger partial charge in [-0.25, -0.2) is 0 Å². The quantitative estimate of drug-likeness (QED) is 0.657. The number of nitrogens with zero attached hydrogens (tertiary/aromatic N) is 4. The third kappa shape index (κ3) is 4.26. The SMILES string of the molecule is O=C(COc1cccc(Cl)c1)N1CCN(c2ccc(-c3ccco3)nn2)CC1. The molecular weight excluding hydrogens is 380 g/mol. The lowest BCUT2D eigenvalue weighted by Crippen LogP contribution is -2.50. The summed E-state index contributed by atoms with van der Waals surface area (Å²) in [5, 5.41) is 9.09. The fourth-order valence-corrected chi connectivity index (χ4v) is 3.21. The lowest BCUT2D eigenvalue weighted by molar-refractivity contribution is -0.133. The van der Waals surface area contributed by atoms with Gasteiger partial charge in [-0.15, -0.1) is 10.2 Å². The van der Waals surface area contributed by atoms with Crippen molar-refractivity contribution in [2.45, 2.75) is 0 Å². The number of hydrogen-bond donors (Lipinski definition) is 0. The van der Waals surface area contributed by atoms with Gasteiger partial charge in [0, 0.05) is 31.2 Å². The summed E-state index contributed by atoms with van der Waals surface area (Å²) in [5.41, 5.74) is 0.695. The van der Waals surface area contributed by atoms with E-state index in [1.807, 2.05) is 24.3 Å². The summed E-state index contributed by atoms with van der Waals surface area (Å²) in [6.07, 6.45) is 1.61. The molecule has 1 saturated heterocycles. The highest BCUT2D eigenvalue weighted by Crippen LogP contribution is 2.20. The third-order valence-electron chi connectivity index (χ3n) is 4.54. The summed E-state index contributed by atoms with van der Waals surface area (Å²) in [6.45, 7) is 2.60. The highest BCUT2D eigenvalue weighted by Gasteiger charge is 2.22. The van der Waals surface area contributed by atoms with E-state index >= 15 is 0 Å². The third-order valence-corrected chi connectivity index (χ3v) is 4.77. The predicted octanol–water partition coefficient (Wildman–Crippen LogP) is 3.12. The lowest BCUT2D eigenvalue weighted by Gasteiger charge is -2.35. The van der Waals surface area contributed by atoms with Gasteiger partial charge in [0.05, 0.1) is 6.26 Å². The zero-order chi connectivity index (χ0) is 19.3. The molecule has 0 unspecified atom stereocenters. The molecule has 4 rings (SSSR count). The molecule has 1 aromatic carbocycles. The highest BCUT2D eigenvalue weighted by atomic mass is 35.5. The zero-order valence-electron chi connectivity index (χ0n) is 15.1. The van der Waals surface area contributed by atoms with Crippen molar-refractivity contribution in [3.63, 3.8) is 0 Å². The second kappa shape index (κ2) is 8.31. The van der Waals surface area contributed by atoms with Crippen molar-refractivity contribution < 1.29 is 13.9 Å². The monoisotopic (exact) mass is 398 g/mol. The van der Waals surface area contributed by atoms with Gasteiger partial charge in [0.1, 0.15) is 11.4 Å². The van der Waals surface area contributed by atoms with E-state index in [1.54, 1.807) is 35.4 Å². The van der Waals surface area contributed by atoms with Gasteiger partial charge in [-0.3, -0.25) is 4.79 Å². The molecule has 1 amide bonds. The number of rotatable bonds is 5. The maximum atomic E-state index is 12.4. The normalized spacial score (nSPS) is 14.2. The minimum Gasteiger partial charge on any atom is -0.484 e. The minimum absolute atomic E-state index is 0.00199. The Morgan fingerprint density at radius 3 is 2.61 bits per heavy atom. The number of ether oxygens (including phenoxy) is 1. The Morgan fingerprint density at radius 2 is 1.93 bits per heavy atom. The molecule has 1 aliphatic rings. The van der Waals surface area contributed by atoms with Crippen molar-refractivity contribution in [2.75, 3.05) is 37.7 Å². The molecule has 1 fully saturated rings. The summed E-state index contributed by atoms with van der Waals surface area (Å²) in [5.74, 6) is 2.03. The van der Waals surface area contributed by atoms with E-state index in [0.29, 0.717) is 48.4 Å². The largest absolute Gasteiger partial charge is 0.484 e. The number of carbonyl (C=O) groups excluding carboxylic acids is 1. The summed E-state index contributed by atoms with van der Waals surface area (Å²) in [7, 11) is 0. The number of anilines is 1. The second-order valence-electron chi connectivity index (χ2n) is 6.37. The molecule has 3 aromatic rings. The summed E-state index contributed by atoms with van der Waals surface area (Å²) >= 11 is 5.92. The maximum absolute atomic E-state index is 12.4. The number of halogens is 1. The van der Waals surface area contributed by atoms with Crippen LogP contribution in [0.1, 0.15) is 0 Å². The fraction of sp³-hybridized carbons (Fsp3) is 0.250.